The fraction of sp³-hybridized carbons (Fsp3) is 0.154. The number of hydrogen-bond donors (Lipinski definition) is 2. The van der Waals surface area contributed by atoms with Crippen LogP contribution >= 0.6 is 0 Å². The second-order valence-electron chi connectivity index (χ2n) is 3.72. The maximum absolute atomic E-state index is 11.4. The van der Waals surface area contributed by atoms with Gasteiger partial charge in [-0.2, -0.15) is 0 Å². The predicted octanol–water partition coefficient (Wildman–Crippen LogP) is 1.15. The molecule has 6 nitrogen and oxygen atoms in total. The Labute approximate surface area is 110 Å². The number of ether oxygens (including phenoxy) is 1. The Morgan fingerprint density at radius 2 is 2.05 bits per heavy atom. The lowest BCUT2D eigenvalue weighted by Gasteiger charge is -2.05. The standard InChI is InChI=1S/C13H14N4O2/c1-2-19-10-5-3-9(4-6-10)11-7-15-8-12(16-11)13(18)17-14/h3-8H,2,14H2,1H3,(H,17,18). The molecule has 0 bridgehead atoms. The van der Waals surface area contributed by atoms with E-state index in [1.165, 1.54) is 6.20 Å². The first-order valence-corrected chi connectivity index (χ1v) is 5.81. The van der Waals surface area contributed by atoms with Gasteiger partial charge in [0.1, 0.15) is 11.4 Å². The number of benzene rings is 1. The fourth-order valence-electron chi connectivity index (χ4n) is 1.58. The van der Waals surface area contributed by atoms with Gasteiger partial charge in [-0.15, -0.1) is 0 Å². The number of amides is 1. The van der Waals surface area contributed by atoms with E-state index in [2.05, 4.69) is 9.97 Å². The summed E-state index contributed by atoms with van der Waals surface area (Å²) in [6.07, 6.45) is 2.95. The van der Waals surface area contributed by atoms with Crippen molar-refractivity contribution in [3.8, 4) is 17.0 Å². The Morgan fingerprint density at radius 3 is 2.68 bits per heavy atom. The average molecular weight is 258 g/mol. The molecule has 1 aromatic heterocycles. The van der Waals surface area contributed by atoms with Crippen LogP contribution in [0.15, 0.2) is 36.7 Å². The molecule has 0 saturated carbocycles. The molecule has 1 heterocycles. The number of nitrogens with two attached hydrogens (primary N) is 1. The van der Waals surface area contributed by atoms with Gasteiger partial charge in [-0.25, -0.2) is 10.8 Å². The van der Waals surface area contributed by atoms with Crippen molar-refractivity contribution in [2.45, 2.75) is 6.92 Å². The molecule has 0 aliphatic heterocycles. The highest BCUT2D eigenvalue weighted by Gasteiger charge is 2.08. The maximum atomic E-state index is 11.4. The molecule has 1 aromatic carbocycles. The molecule has 19 heavy (non-hydrogen) atoms. The van der Waals surface area contributed by atoms with Crippen LogP contribution in [-0.2, 0) is 0 Å². The number of nitrogens with one attached hydrogen (secondary N) is 1. The Balaban J connectivity index is 2.28. The molecule has 6 heteroatoms. The van der Waals surface area contributed by atoms with Crippen LogP contribution in [0.4, 0.5) is 0 Å². The van der Waals surface area contributed by atoms with Gasteiger partial charge in [-0.05, 0) is 31.2 Å². The third kappa shape index (κ3) is 3.05. The minimum atomic E-state index is -0.472. The summed E-state index contributed by atoms with van der Waals surface area (Å²) in [4.78, 5) is 19.6. The van der Waals surface area contributed by atoms with Gasteiger partial charge in [0, 0.05) is 5.56 Å². The van der Waals surface area contributed by atoms with Gasteiger partial charge in [-0.1, -0.05) is 0 Å². The number of aromatic nitrogens is 2. The number of carbonyl (C=O) groups is 1. The number of nitrogen functional groups attached to an aromatic ring is 1. The van der Waals surface area contributed by atoms with Gasteiger partial charge in [-0.3, -0.25) is 15.2 Å². The van der Waals surface area contributed by atoms with Crippen LogP contribution in [0, 0.1) is 0 Å². The molecule has 0 fully saturated rings. The summed E-state index contributed by atoms with van der Waals surface area (Å²) in [5, 5.41) is 0. The first-order valence-electron chi connectivity index (χ1n) is 5.81. The topological polar surface area (TPSA) is 90.1 Å². The quantitative estimate of drug-likeness (QED) is 0.487. The molecule has 0 aliphatic rings. The lowest BCUT2D eigenvalue weighted by Crippen LogP contribution is -2.30. The summed E-state index contributed by atoms with van der Waals surface area (Å²) in [7, 11) is 0. The molecule has 98 valence electrons. The van der Waals surface area contributed by atoms with E-state index < -0.39 is 5.91 Å². The van der Waals surface area contributed by atoms with Crippen molar-refractivity contribution in [1.29, 1.82) is 0 Å². The monoisotopic (exact) mass is 258 g/mol. The van der Waals surface area contributed by atoms with Crippen LogP contribution in [0.5, 0.6) is 5.75 Å². The van der Waals surface area contributed by atoms with Gasteiger partial charge in [0.2, 0.25) is 0 Å². The van der Waals surface area contributed by atoms with Crippen LogP contribution in [0.3, 0.4) is 0 Å². The molecule has 3 N–H and O–H groups in total. The van der Waals surface area contributed by atoms with E-state index in [0.717, 1.165) is 11.3 Å². The first-order chi connectivity index (χ1) is 9.24. The Hall–Kier alpha value is -2.47. The Morgan fingerprint density at radius 1 is 1.32 bits per heavy atom. The summed E-state index contributed by atoms with van der Waals surface area (Å²) < 4.78 is 5.36. The third-order valence-corrected chi connectivity index (χ3v) is 2.46. The van der Waals surface area contributed by atoms with Crippen molar-refractivity contribution < 1.29 is 9.53 Å². The van der Waals surface area contributed by atoms with Crippen molar-refractivity contribution in [3.63, 3.8) is 0 Å². The SMILES string of the molecule is CCOc1ccc(-c2cncc(C(=O)NN)n2)cc1. The zero-order valence-electron chi connectivity index (χ0n) is 10.5. The molecule has 0 unspecified atom stereocenters. The van der Waals surface area contributed by atoms with E-state index >= 15 is 0 Å². The van der Waals surface area contributed by atoms with Crippen LogP contribution in [0.25, 0.3) is 11.3 Å². The van der Waals surface area contributed by atoms with Crippen LogP contribution < -0.4 is 16.0 Å². The molecule has 0 radical (unpaired) electrons. The molecule has 2 aromatic rings. The summed E-state index contributed by atoms with van der Waals surface area (Å²) >= 11 is 0. The van der Waals surface area contributed by atoms with Crippen LogP contribution in [-0.4, -0.2) is 22.5 Å². The summed E-state index contributed by atoms with van der Waals surface area (Å²) in [6.45, 7) is 2.54. The minimum absolute atomic E-state index is 0.175. The first kappa shape index (κ1) is 13.0. The predicted molar refractivity (Wildman–Crippen MR) is 70.3 cm³/mol. The van der Waals surface area contributed by atoms with Crippen molar-refractivity contribution >= 4 is 5.91 Å². The van der Waals surface area contributed by atoms with E-state index in [-0.39, 0.29) is 5.69 Å². The second kappa shape index (κ2) is 5.92. The second-order valence-corrected chi connectivity index (χ2v) is 3.72. The lowest BCUT2D eigenvalue weighted by molar-refractivity contribution is 0.0948. The molecule has 0 aliphatic carbocycles. The lowest BCUT2D eigenvalue weighted by atomic mass is 10.1. The van der Waals surface area contributed by atoms with Gasteiger partial charge in [0.25, 0.3) is 5.91 Å². The highest BCUT2D eigenvalue weighted by molar-refractivity contribution is 5.91. The van der Waals surface area contributed by atoms with Gasteiger partial charge in [0.15, 0.2) is 0 Å². The number of hydrogen-bond acceptors (Lipinski definition) is 5. The van der Waals surface area contributed by atoms with E-state index in [4.69, 9.17) is 10.6 Å². The molecular weight excluding hydrogens is 244 g/mol. The summed E-state index contributed by atoms with van der Waals surface area (Å²) in [5.74, 6) is 5.38. The van der Waals surface area contributed by atoms with Gasteiger partial charge < -0.3 is 4.74 Å². The largest absolute Gasteiger partial charge is 0.494 e. The minimum Gasteiger partial charge on any atom is -0.494 e. The van der Waals surface area contributed by atoms with Crippen LogP contribution in [0.1, 0.15) is 17.4 Å². The van der Waals surface area contributed by atoms with Crippen molar-refractivity contribution in [2.24, 2.45) is 5.84 Å². The van der Waals surface area contributed by atoms with Crippen LogP contribution in [0.2, 0.25) is 0 Å². The zero-order chi connectivity index (χ0) is 13.7. The molecule has 0 atom stereocenters. The average Bonchev–Trinajstić information content (AvgIpc) is 2.48. The number of rotatable bonds is 4. The van der Waals surface area contributed by atoms with Crippen molar-refractivity contribution in [2.75, 3.05) is 6.61 Å². The zero-order valence-corrected chi connectivity index (χ0v) is 10.5. The summed E-state index contributed by atoms with van der Waals surface area (Å²) in [5.41, 5.74) is 3.65. The van der Waals surface area contributed by atoms with E-state index in [1.54, 1.807) is 6.20 Å². The molecule has 2 rings (SSSR count). The molecule has 0 saturated heterocycles. The molecule has 0 spiro atoms. The highest BCUT2D eigenvalue weighted by atomic mass is 16.5. The highest BCUT2D eigenvalue weighted by Crippen LogP contribution is 2.20. The van der Waals surface area contributed by atoms with E-state index in [9.17, 15) is 4.79 Å². The normalized spacial score (nSPS) is 10.0. The number of carbonyl (C=O) groups excluding carboxylic acids is 1. The Bertz CT molecular complexity index is 569. The molecular formula is C13H14N4O2. The maximum Gasteiger partial charge on any atom is 0.285 e. The summed E-state index contributed by atoms with van der Waals surface area (Å²) in [6, 6.07) is 7.41. The number of hydrazine groups is 1. The number of nitrogens with zero attached hydrogens (tertiary/aromatic N) is 2. The smallest absolute Gasteiger partial charge is 0.285 e. The third-order valence-electron chi connectivity index (χ3n) is 2.46. The molecule has 1 amide bonds. The fourth-order valence-corrected chi connectivity index (χ4v) is 1.58. The van der Waals surface area contributed by atoms with Gasteiger partial charge in [0.05, 0.1) is 24.7 Å². The van der Waals surface area contributed by atoms with Crippen molar-refractivity contribution in [1.82, 2.24) is 15.4 Å². The van der Waals surface area contributed by atoms with E-state index in [1.807, 2.05) is 36.6 Å². The Kier molecular flexibility index (Phi) is 4.04. The van der Waals surface area contributed by atoms with E-state index in [0.29, 0.717) is 12.3 Å². The van der Waals surface area contributed by atoms with Crippen molar-refractivity contribution in [3.05, 3.63) is 42.4 Å². The van der Waals surface area contributed by atoms with Gasteiger partial charge >= 0.3 is 0 Å².